The number of hydrogen-bond acceptors (Lipinski definition) is 5. The molecule has 0 saturated carbocycles. The first-order valence-electron chi connectivity index (χ1n) is 8.35. The van der Waals surface area contributed by atoms with Gasteiger partial charge in [0, 0.05) is 18.8 Å². The Hall–Kier alpha value is -1.79. The van der Waals surface area contributed by atoms with E-state index in [9.17, 15) is 9.59 Å². The van der Waals surface area contributed by atoms with Gasteiger partial charge < -0.3 is 9.16 Å². The molecule has 0 aliphatic rings. The predicted octanol–water partition coefficient (Wildman–Crippen LogP) is 4.01. The van der Waals surface area contributed by atoms with Crippen LogP contribution in [0.4, 0.5) is 0 Å². The molecule has 6 heteroatoms. The number of pyridine rings is 1. The highest BCUT2D eigenvalue weighted by molar-refractivity contribution is 6.74. The van der Waals surface area contributed by atoms with Gasteiger partial charge in [0.2, 0.25) is 0 Å². The highest BCUT2D eigenvalue weighted by atomic mass is 28.4. The summed E-state index contributed by atoms with van der Waals surface area (Å²) in [6.45, 7) is 12.2. The van der Waals surface area contributed by atoms with E-state index in [1.807, 2.05) is 32.2 Å². The smallest absolute Gasteiger partial charge is 0.334 e. The minimum absolute atomic E-state index is 0.0310. The molecule has 0 unspecified atom stereocenters. The Morgan fingerprint density at radius 1 is 1.32 bits per heavy atom. The predicted molar refractivity (Wildman–Crippen MR) is 102 cm³/mol. The molecule has 0 fully saturated rings. The van der Waals surface area contributed by atoms with Crippen molar-refractivity contribution >= 4 is 25.6 Å². The SMILES string of the molecule is COC(=O)[C@@H](CC(=O)/C=C(\C)c1cccnc1)O[Si](C)(C)C(C)(C)C. The zero-order valence-corrected chi connectivity index (χ0v) is 17.3. The first kappa shape index (κ1) is 21.2. The van der Waals surface area contributed by atoms with E-state index in [-0.39, 0.29) is 17.2 Å². The van der Waals surface area contributed by atoms with Crippen LogP contribution in [0.5, 0.6) is 0 Å². The average molecular weight is 364 g/mol. The molecule has 0 aliphatic heterocycles. The molecule has 138 valence electrons. The summed E-state index contributed by atoms with van der Waals surface area (Å²) in [5.41, 5.74) is 1.67. The van der Waals surface area contributed by atoms with Crippen LogP contribution in [0.15, 0.2) is 30.6 Å². The van der Waals surface area contributed by atoms with Crippen LogP contribution in [0.1, 0.15) is 39.7 Å². The Balaban J connectivity index is 2.92. The van der Waals surface area contributed by atoms with Crippen LogP contribution >= 0.6 is 0 Å². The van der Waals surface area contributed by atoms with E-state index < -0.39 is 20.4 Å². The summed E-state index contributed by atoms with van der Waals surface area (Å²) >= 11 is 0. The highest BCUT2D eigenvalue weighted by Crippen LogP contribution is 2.37. The van der Waals surface area contributed by atoms with Gasteiger partial charge in [-0.2, -0.15) is 0 Å². The van der Waals surface area contributed by atoms with Crippen molar-refractivity contribution in [3.63, 3.8) is 0 Å². The van der Waals surface area contributed by atoms with Gasteiger partial charge in [0.15, 0.2) is 20.2 Å². The van der Waals surface area contributed by atoms with E-state index in [1.165, 1.54) is 13.2 Å². The fraction of sp³-hybridized carbons (Fsp3) is 0.526. The number of hydrogen-bond donors (Lipinski definition) is 0. The van der Waals surface area contributed by atoms with Crippen molar-refractivity contribution in [2.24, 2.45) is 0 Å². The summed E-state index contributed by atoms with van der Waals surface area (Å²) in [6.07, 6.45) is 4.00. The molecule has 0 saturated heterocycles. The number of carbonyl (C=O) groups is 2. The van der Waals surface area contributed by atoms with Gasteiger partial charge in [-0.1, -0.05) is 26.8 Å². The van der Waals surface area contributed by atoms with Crippen LogP contribution in [0.25, 0.3) is 5.57 Å². The Labute approximate surface area is 151 Å². The zero-order valence-electron chi connectivity index (χ0n) is 16.3. The van der Waals surface area contributed by atoms with Gasteiger partial charge in [0.1, 0.15) is 0 Å². The van der Waals surface area contributed by atoms with Gasteiger partial charge in [-0.05, 0) is 48.3 Å². The van der Waals surface area contributed by atoms with Gasteiger partial charge in [-0.15, -0.1) is 0 Å². The molecule has 1 rings (SSSR count). The number of ether oxygens (including phenoxy) is 1. The zero-order chi connectivity index (χ0) is 19.3. The van der Waals surface area contributed by atoms with Crippen molar-refractivity contribution in [2.75, 3.05) is 7.11 Å². The molecular weight excluding hydrogens is 334 g/mol. The second-order valence-corrected chi connectivity index (χ2v) is 12.4. The molecule has 1 atom stereocenters. The molecule has 1 aromatic heterocycles. The number of carbonyl (C=O) groups excluding carboxylic acids is 2. The Morgan fingerprint density at radius 3 is 2.44 bits per heavy atom. The second kappa shape index (κ2) is 8.54. The maximum absolute atomic E-state index is 12.4. The molecule has 0 bridgehead atoms. The third-order valence-corrected chi connectivity index (χ3v) is 9.07. The summed E-state index contributed by atoms with van der Waals surface area (Å²) in [5, 5.41) is -0.0657. The Morgan fingerprint density at radius 2 is 1.96 bits per heavy atom. The average Bonchev–Trinajstić information content (AvgIpc) is 2.52. The van der Waals surface area contributed by atoms with Gasteiger partial charge in [-0.3, -0.25) is 9.78 Å². The normalized spacial score (nSPS) is 14.1. The number of allylic oxidation sites excluding steroid dienone is 2. The van der Waals surface area contributed by atoms with Crippen molar-refractivity contribution in [1.82, 2.24) is 4.98 Å². The molecule has 0 radical (unpaired) electrons. The van der Waals surface area contributed by atoms with E-state index in [0.717, 1.165) is 11.1 Å². The van der Waals surface area contributed by atoms with Crippen molar-refractivity contribution < 1.29 is 18.8 Å². The van der Waals surface area contributed by atoms with E-state index >= 15 is 0 Å². The molecule has 0 amide bonds. The lowest BCUT2D eigenvalue weighted by atomic mass is 10.1. The number of aromatic nitrogens is 1. The number of methoxy groups -OCH3 is 1. The maximum Gasteiger partial charge on any atom is 0.334 e. The Kier molecular flexibility index (Phi) is 7.25. The van der Waals surface area contributed by atoms with Gasteiger partial charge in [-0.25, -0.2) is 4.79 Å². The van der Waals surface area contributed by atoms with Crippen molar-refractivity contribution in [3.8, 4) is 0 Å². The van der Waals surface area contributed by atoms with E-state index in [2.05, 4.69) is 25.8 Å². The maximum atomic E-state index is 12.4. The van der Waals surface area contributed by atoms with Gasteiger partial charge in [0.25, 0.3) is 0 Å². The molecule has 1 heterocycles. The second-order valence-electron chi connectivity index (χ2n) is 7.63. The number of ketones is 1. The number of esters is 1. The van der Waals surface area contributed by atoms with Crippen molar-refractivity contribution in [3.05, 3.63) is 36.2 Å². The summed E-state index contributed by atoms with van der Waals surface area (Å²) in [5.74, 6) is -0.680. The minimum atomic E-state index is -2.20. The van der Waals surface area contributed by atoms with E-state index in [1.54, 1.807) is 12.4 Å². The third kappa shape index (κ3) is 6.21. The van der Waals surface area contributed by atoms with Crippen LogP contribution in [0.3, 0.4) is 0 Å². The summed E-state index contributed by atoms with van der Waals surface area (Å²) < 4.78 is 11.0. The standard InChI is InChI=1S/C19H29NO4Si/c1-14(15-9-8-10-20-13-15)11-16(21)12-17(18(22)23-5)24-25(6,7)19(2,3)4/h8-11,13,17H,12H2,1-7H3/b14-11+/t17-/m1/s1. The van der Waals surface area contributed by atoms with Gasteiger partial charge >= 0.3 is 5.97 Å². The molecule has 5 nitrogen and oxygen atoms in total. The van der Waals surface area contributed by atoms with E-state index in [4.69, 9.17) is 9.16 Å². The quantitative estimate of drug-likeness (QED) is 0.416. The highest BCUT2D eigenvalue weighted by Gasteiger charge is 2.41. The van der Waals surface area contributed by atoms with Crippen molar-refractivity contribution in [2.45, 2.75) is 58.4 Å². The first-order chi connectivity index (χ1) is 11.5. The van der Waals surface area contributed by atoms with E-state index in [0.29, 0.717) is 0 Å². The minimum Gasteiger partial charge on any atom is -0.467 e. The lowest BCUT2D eigenvalue weighted by molar-refractivity contribution is -0.151. The summed E-state index contributed by atoms with van der Waals surface area (Å²) in [7, 11) is -0.890. The van der Waals surface area contributed by atoms with Crippen LogP contribution in [0, 0.1) is 0 Å². The lowest BCUT2D eigenvalue weighted by Gasteiger charge is -2.38. The first-order valence-corrected chi connectivity index (χ1v) is 11.3. The largest absolute Gasteiger partial charge is 0.467 e. The molecular formula is C19H29NO4Si. The molecule has 0 aliphatic carbocycles. The molecule has 0 aromatic carbocycles. The molecule has 0 spiro atoms. The molecule has 25 heavy (non-hydrogen) atoms. The van der Waals surface area contributed by atoms with Gasteiger partial charge in [0.05, 0.1) is 7.11 Å². The summed E-state index contributed by atoms with van der Waals surface area (Å²) in [4.78, 5) is 28.6. The Bertz CT molecular complexity index is 633. The molecule has 0 N–H and O–H groups in total. The number of rotatable bonds is 7. The molecule has 1 aromatic rings. The van der Waals surface area contributed by atoms with Crippen LogP contribution in [-0.4, -0.2) is 38.3 Å². The fourth-order valence-electron chi connectivity index (χ4n) is 2.00. The topological polar surface area (TPSA) is 65.5 Å². The third-order valence-electron chi connectivity index (χ3n) is 4.59. The fourth-order valence-corrected chi connectivity index (χ4v) is 3.24. The van der Waals surface area contributed by atoms with Crippen LogP contribution in [-0.2, 0) is 18.8 Å². The van der Waals surface area contributed by atoms with Crippen LogP contribution in [0.2, 0.25) is 18.1 Å². The monoisotopic (exact) mass is 363 g/mol. The number of nitrogens with zero attached hydrogens (tertiary/aromatic N) is 1. The summed E-state index contributed by atoms with van der Waals surface area (Å²) in [6, 6.07) is 3.70. The van der Waals surface area contributed by atoms with Crippen LogP contribution < -0.4 is 0 Å². The van der Waals surface area contributed by atoms with Crippen molar-refractivity contribution in [1.29, 1.82) is 0 Å². The lowest BCUT2D eigenvalue weighted by Crippen LogP contribution is -2.46.